The Balaban J connectivity index is 2.79. The van der Waals surface area contributed by atoms with Gasteiger partial charge in [-0.25, -0.2) is 0 Å². The predicted molar refractivity (Wildman–Crippen MR) is 69.4 cm³/mol. The van der Waals surface area contributed by atoms with Crippen molar-refractivity contribution in [3.63, 3.8) is 0 Å². The van der Waals surface area contributed by atoms with Gasteiger partial charge >= 0.3 is 0 Å². The molecule has 3 unspecified atom stereocenters. The fraction of sp³-hybridized carbons (Fsp3) is 0.583. The molecule has 0 aliphatic carbocycles. The molecule has 1 aromatic heterocycles. The standard InChI is InChI=1S/C12H20N2OS/c1-3-11(13)12(16-9(2)8-15)10-5-4-6-14-7-10/h4-7,9,11-12,15H,3,8,13H2,1-2H3. The first-order valence-electron chi connectivity index (χ1n) is 5.60. The summed E-state index contributed by atoms with van der Waals surface area (Å²) >= 11 is 1.72. The Morgan fingerprint density at radius 1 is 1.56 bits per heavy atom. The summed E-state index contributed by atoms with van der Waals surface area (Å²) in [7, 11) is 0. The van der Waals surface area contributed by atoms with Crippen molar-refractivity contribution in [3.05, 3.63) is 30.1 Å². The summed E-state index contributed by atoms with van der Waals surface area (Å²) in [6.45, 7) is 4.27. The van der Waals surface area contributed by atoms with Gasteiger partial charge in [0.1, 0.15) is 0 Å². The van der Waals surface area contributed by atoms with Gasteiger partial charge in [0, 0.05) is 28.9 Å². The minimum atomic E-state index is 0.100. The van der Waals surface area contributed by atoms with Crippen LogP contribution in [0.5, 0.6) is 0 Å². The van der Waals surface area contributed by atoms with E-state index in [1.807, 2.05) is 25.3 Å². The van der Waals surface area contributed by atoms with Crippen molar-refractivity contribution < 1.29 is 5.11 Å². The minimum Gasteiger partial charge on any atom is -0.395 e. The molecular weight excluding hydrogens is 220 g/mol. The van der Waals surface area contributed by atoms with Gasteiger partial charge in [-0.3, -0.25) is 4.98 Å². The van der Waals surface area contributed by atoms with Crippen molar-refractivity contribution in [3.8, 4) is 0 Å². The second kappa shape index (κ2) is 6.89. The molecule has 0 bridgehead atoms. The van der Waals surface area contributed by atoms with Crippen LogP contribution in [0.1, 0.15) is 31.1 Å². The molecule has 0 aliphatic heterocycles. The monoisotopic (exact) mass is 240 g/mol. The highest BCUT2D eigenvalue weighted by Gasteiger charge is 2.21. The molecule has 3 nitrogen and oxygen atoms in total. The molecule has 16 heavy (non-hydrogen) atoms. The smallest absolute Gasteiger partial charge is 0.0547 e. The van der Waals surface area contributed by atoms with Crippen molar-refractivity contribution in [1.29, 1.82) is 0 Å². The van der Waals surface area contributed by atoms with Crippen molar-refractivity contribution in [1.82, 2.24) is 4.98 Å². The molecule has 0 amide bonds. The van der Waals surface area contributed by atoms with E-state index < -0.39 is 0 Å². The average molecular weight is 240 g/mol. The molecule has 3 N–H and O–H groups in total. The number of nitrogens with zero attached hydrogens (tertiary/aromatic N) is 1. The minimum absolute atomic E-state index is 0.100. The zero-order valence-electron chi connectivity index (χ0n) is 9.84. The molecule has 0 spiro atoms. The summed E-state index contributed by atoms with van der Waals surface area (Å²) in [6.07, 6.45) is 4.54. The number of hydrogen-bond donors (Lipinski definition) is 2. The van der Waals surface area contributed by atoms with E-state index in [0.717, 1.165) is 12.0 Å². The maximum atomic E-state index is 9.11. The second-order valence-corrected chi connectivity index (χ2v) is 5.49. The van der Waals surface area contributed by atoms with E-state index >= 15 is 0 Å². The molecule has 0 aliphatic rings. The molecule has 4 heteroatoms. The van der Waals surface area contributed by atoms with E-state index in [1.165, 1.54) is 0 Å². The Kier molecular flexibility index (Phi) is 5.80. The number of hydrogen-bond acceptors (Lipinski definition) is 4. The third kappa shape index (κ3) is 3.77. The Labute approximate surface area is 101 Å². The van der Waals surface area contributed by atoms with Crippen molar-refractivity contribution in [2.45, 2.75) is 36.8 Å². The maximum Gasteiger partial charge on any atom is 0.0547 e. The Morgan fingerprint density at radius 3 is 2.81 bits per heavy atom. The van der Waals surface area contributed by atoms with E-state index in [1.54, 1.807) is 18.0 Å². The third-order valence-corrected chi connectivity index (χ3v) is 4.04. The SMILES string of the molecule is CCC(N)C(SC(C)CO)c1cccnc1. The molecular formula is C12H20N2OS. The van der Waals surface area contributed by atoms with E-state index in [4.69, 9.17) is 10.8 Å². The highest BCUT2D eigenvalue weighted by molar-refractivity contribution is 8.00. The Morgan fingerprint density at radius 2 is 2.31 bits per heavy atom. The fourth-order valence-corrected chi connectivity index (χ4v) is 2.76. The molecule has 0 saturated heterocycles. The summed E-state index contributed by atoms with van der Waals surface area (Å²) in [5, 5.41) is 9.51. The van der Waals surface area contributed by atoms with Gasteiger partial charge < -0.3 is 10.8 Å². The molecule has 1 aromatic rings. The molecule has 3 atom stereocenters. The number of aliphatic hydroxyl groups is 1. The topological polar surface area (TPSA) is 59.1 Å². The number of rotatable bonds is 6. The van der Waals surface area contributed by atoms with E-state index in [-0.39, 0.29) is 23.1 Å². The predicted octanol–water partition coefficient (Wildman–Crippen LogP) is 1.97. The third-order valence-electron chi connectivity index (χ3n) is 2.51. The molecule has 0 fully saturated rings. The summed E-state index contributed by atoms with van der Waals surface area (Å²) in [4.78, 5) is 4.12. The van der Waals surface area contributed by atoms with Gasteiger partial charge in [-0.15, -0.1) is 11.8 Å². The van der Waals surface area contributed by atoms with Crippen LogP contribution in [0.25, 0.3) is 0 Å². The highest BCUT2D eigenvalue weighted by atomic mass is 32.2. The van der Waals surface area contributed by atoms with Gasteiger partial charge in [-0.1, -0.05) is 19.9 Å². The normalized spacial score (nSPS) is 16.8. The van der Waals surface area contributed by atoms with Crippen LogP contribution < -0.4 is 5.73 Å². The van der Waals surface area contributed by atoms with Crippen LogP contribution >= 0.6 is 11.8 Å². The van der Waals surface area contributed by atoms with Crippen LogP contribution in [0, 0.1) is 0 Å². The zero-order chi connectivity index (χ0) is 12.0. The number of aromatic nitrogens is 1. The Bertz CT molecular complexity index is 294. The molecule has 1 rings (SSSR count). The fourth-order valence-electron chi connectivity index (χ4n) is 1.48. The van der Waals surface area contributed by atoms with Gasteiger partial charge in [0.15, 0.2) is 0 Å². The van der Waals surface area contributed by atoms with Crippen molar-refractivity contribution in [2.24, 2.45) is 5.73 Å². The number of pyridine rings is 1. The lowest BCUT2D eigenvalue weighted by atomic mass is 10.1. The van der Waals surface area contributed by atoms with E-state index in [2.05, 4.69) is 11.9 Å². The number of nitrogens with two attached hydrogens (primary N) is 1. The quantitative estimate of drug-likeness (QED) is 0.798. The largest absolute Gasteiger partial charge is 0.395 e. The summed E-state index contributed by atoms with van der Waals surface area (Å²) < 4.78 is 0. The highest BCUT2D eigenvalue weighted by Crippen LogP contribution is 2.34. The first-order valence-corrected chi connectivity index (χ1v) is 6.55. The molecule has 90 valence electrons. The number of aliphatic hydroxyl groups excluding tert-OH is 1. The van der Waals surface area contributed by atoms with Crippen molar-refractivity contribution >= 4 is 11.8 Å². The average Bonchev–Trinajstić information content (AvgIpc) is 2.35. The summed E-state index contributed by atoms with van der Waals surface area (Å²) in [5.41, 5.74) is 7.26. The van der Waals surface area contributed by atoms with Crippen molar-refractivity contribution in [2.75, 3.05) is 6.61 Å². The zero-order valence-corrected chi connectivity index (χ0v) is 10.7. The maximum absolute atomic E-state index is 9.11. The van der Waals surface area contributed by atoms with Gasteiger partial charge in [-0.05, 0) is 18.1 Å². The van der Waals surface area contributed by atoms with Crippen LogP contribution in [-0.4, -0.2) is 28.0 Å². The lowest BCUT2D eigenvalue weighted by Gasteiger charge is -2.25. The molecule has 0 saturated carbocycles. The lowest BCUT2D eigenvalue weighted by molar-refractivity contribution is 0.299. The Hall–Kier alpha value is -0.580. The van der Waals surface area contributed by atoms with E-state index in [9.17, 15) is 0 Å². The molecule has 0 radical (unpaired) electrons. The molecule has 0 aromatic carbocycles. The van der Waals surface area contributed by atoms with E-state index in [0.29, 0.717) is 0 Å². The summed E-state index contributed by atoms with van der Waals surface area (Å²) in [5.74, 6) is 0. The van der Waals surface area contributed by atoms with Crippen LogP contribution in [0.3, 0.4) is 0 Å². The second-order valence-electron chi connectivity index (χ2n) is 3.91. The first-order chi connectivity index (χ1) is 7.69. The summed E-state index contributed by atoms with van der Waals surface area (Å²) in [6, 6.07) is 4.07. The van der Waals surface area contributed by atoms with Crippen LogP contribution in [0.4, 0.5) is 0 Å². The van der Waals surface area contributed by atoms with Gasteiger partial charge in [0.05, 0.1) is 6.61 Å². The lowest BCUT2D eigenvalue weighted by Crippen LogP contribution is -2.27. The van der Waals surface area contributed by atoms with Gasteiger partial charge in [0.2, 0.25) is 0 Å². The first kappa shape index (κ1) is 13.5. The van der Waals surface area contributed by atoms with Gasteiger partial charge in [-0.2, -0.15) is 0 Å². The van der Waals surface area contributed by atoms with Crippen LogP contribution in [-0.2, 0) is 0 Å². The van der Waals surface area contributed by atoms with Crippen LogP contribution in [0.2, 0.25) is 0 Å². The van der Waals surface area contributed by atoms with Gasteiger partial charge in [0.25, 0.3) is 0 Å². The molecule has 1 heterocycles. The van der Waals surface area contributed by atoms with Crippen LogP contribution in [0.15, 0.2) is 24.5 Å². The number of thioether (sulfide) groups is 1.